The van der Waals surface area contributed by atoms with E-state index in [9.17, 15) is 4.79 Å². The zero-order chi connectivity index (χ0) is 9.19. The third kappa shape index (κ3) is 2.46. The van der Waals surface area contributed by atoms with Crippen molar-refractivity contribution in [2.24, 2.45) is 17.2 Å². The molecular formula is C8H17N3O. The first kappa shape index (κ1) is 9.48. The van der Waals surface area contributed by atoms with Gasteiger partial charge in [-0.1, -0.05) is 6.42 Å². The van der Waals surface area contributed by atoms with E-state index in [0.717, 1.165) is 25.7 Å². The van der Waals surface area contributed by atoms with Crippen LogP contribution in [-0.4, -0.2) is 17.5 Å². The molecule has 1 rings (SSSR count). The highest BCUT2D eigenvalue weighted by molar-refractivity contribution is 5.75. The SMILES string of the molecule is NC(=O)CC1(N)CCCC(N)C1. The molecule has 0 radical (unpaired) electrons. The topological polar surface area (TPSA) is 95.1 Å². The van der Waals surface area contributed by atoms with Gasteiger partial charge >= 0.3 is 0 Å². The number of amides is 1. The van der Waals surface area contributed by atoms with Crippen molar-refractivity contribution < 1.29 is 4.79 Å². The van der Waals surface area contributed by atoms with Crippen LogP contribution in [0.5, 0.6) is 0 Å². The van der Waals surface area contributed by atoms with E-state index >= 15 is 0 Å². The molecule has 0 aromatic carbocycles. The lowest BCUT2D eigenvalue weighted by Gasteiger charge is -2.35. The second kappa shape index (κ2) is 3.41. The zero-order valence-corrected chi connectivity index (χ0v) is 7.25. The minimum absolute atomic E-state index is 0.142. The first-order valence-electron chi connectivity index (χ1n) is 4.35. The Bertz CT molecular complexity index is 183. The molecule has 2 unspecified atom stereocenters. The van der Waals surface area contributed by atoms with Gasteiger partial charge in [-0.05, 0) is 19.3 Å². The first-order chi connectivity index (χ1) is 5.52. The normalized spacial score (nSPS) is 36.3. The summed E-state index contributed by atoms with van der Waals surface area (Å²) in [5, 5.41) is 0. The quantitative estimate of drug-likeness (QED) is 0.520. The van der Waals surface area contributed by atoms with Gasteiger partial charge in [0.05, 0.1) is 0 Å². The summed E-state index contributed by atoms with van der Waals surface area (Å²) in [4.78, 5) is 10.7. The zero-order valence-electron chi connectivity index (χ0n) is 7.25. The maximum absolute atomic E-state index is 10.7. The summed E-state index contributed by atoms with van der Waals surface area (Å²) in [6.07, 6.45) is 3.86. The van der Waals surface area contributed by atoms with Crippen LogP contribution in [0.15, 0.2) is 0 Å². The highest BCUT2D eigenvalue weighted by Gasteiger charge is 2.32. The Balaban J connectivity index is 2.51. The van der Waals surface area contributed by atoms with E-state index in [1.807, 2.05) is 0 Å². The molecular weight excluding hydrogens is 154 g/mol. The van der Waals surface area contributed by atoms with Crippen LogP contribution in [-0.2, 0) is 4.79 Å². The van der Waals surface area contributed by atoms with Gasteiger partial charge in [0.1, 0.15) is 0 Å². The Hall–Kier alpha value is -0.610. The summed E-state index contributed by atoms with van der Waals surface area (Å²) in [5.41, 5.74) is 16.4. The van der Waals surface area contributed by atoms with Crippen LogP contribution >= 0.6 is 0 Å². The number of hydrogen-bond donors (Lipinski definition) is 3. The van der Waals surface area contributed by atoms with Gasteiger partial charge in [-0.15, -0.1) is 0 Å². The second-order valence-corrected chi connectivity index (χ2v) is 3.86. The third-order valence-corrected chi connectivity index (χ3v) is 2.44. The van der Waals surface area contributed by atoms with Gasteiger partial charge < -0.3 is 17.2 Å². The summed E-state index contributed by atoms with van der Waals surface area (Å²) >= 11 is 0. The van der Waals surface area contributed by atoms with E-state index in [4.69, 9.17) is 17.2 Å². The summed E-state index contributed by atoms with van der Waals surface area (Å²) in [6.45, 7) is 0. The standard InChI is InChI=1S/C8H17N3O/c9-6-2-1-3-8(11,4-6)5-7(10)12/h6H,1-5,9,11H2,(H2,10,12). The largest absolute Gasteiger partial charge is 0.370 e. The van der Waals surface area contributed by atoms with Crippen LogP contribution in [0.25, 0.3) is 0 Å². The van der Waals surface area contributed by atoms with Crippen molar-refractivity contribution in [1.82, 2.24) is 0 Å². The molecule has 1 amide bonds. The fraction of sp³-hybridized carbons (Fsp3) is 0.875. The number of nitrogens with two attached hydrogens (primary N) is 3. The number of primary amides is 1. The molecule has 2 atom stereocenters. The molecule has 1 saturated carbocycles. The van der Waals surface area contributed by atoms with E-state index in [1.54, 1.807) is 0 Å². The van der Waals surface area contributed by atoms with Crippen molar-refractivity contribution in [3.63, 3.8) is 0 Å². The fourth-order valence-electron chi connectivity index (χ4n) is 1.95. The van der Waals surface area contributed by atoms with E-state index in [-0.39, 0.29) is 18.4 Å². The minimum atomic E-state index is -0.427. The minimum Gasteiger partial charge on any atom is -0.370 e. The van der Waals surface area contributed by atoms with Gasteiger partial charge in [0.2, 0.25) is 5.91 Å². The second-order valence-electron chi connectivity index (χ2n) is 3.86. The lowest BCUT2D eigenvalue weighted by Crippen LogP contribution is -2.50. The Kier molecular flexibility index (Phi) is 2.69. The molecule has 4 heteroatoms. The molecule has 1 aliphatic carbocycles. The molecule has 1 fully saturated rings. The van der Waals surface area contributed by atoms with Gasteiger partial charge in [-0.25, -0.2) is 0 Å². The van der Waals surface area contributed by atoms with Gasteiger partial charge in [0.15, 0.2) is 0 Å². The lowest BCUT2D eigenvalue weighted by atomic mass is 9.78. The van der Waals surface area contributed by atoms with Crippen molar-refractivity contribution in [3.8, 4) is 0 Å². The van der Waals surface area contributed by atoms with Crippen LogP contribution in [0.3, 0.4) is 0 Å². The predicted molar refractivity (Wildman–Crippen MR) is 47.2 cm³/mol. The average Bonchev–Trinajstić information content (AvgIpc) is 1.82. The van der Waals surface area contributed by atoms with Gasteiger partial charge in [-0.2, -0.15) is 0 Å². The highest BCUT2D eigenvalue weighted by Crippen LogP contribution is 2.27. The number of carbonyl (C=O) groups is 1. The maximum atomic E-state index is 10.7. The van der Waals surface area contributed by atoms with E-state index in [1.165, 1.54) is 0 Å². The van der Waals surface area contributed by atoms with Crippen LogP contribution < -0.4 is 17.2 Å². The molecule has 1 aliphatic rings. The molecule has 0 heterocycles. The molecule has 70 valence electrons. The monoisotopic (exact) mass is 171 g/mol. The predicted octanol–water partition coefficient (Wildman–Crippen LogP) is -0.539. The van der Waals surface area contributed by atoms with E-state index in [2.05, 4.69) is 0 Å². The molecule has 12 heavy (non-hydrogen) atoms. The van der Waals surface area contributed by atoms with Crippen LogP contribution in [0.2, 0.25) is 0 Å². The van der Waals surface area contributed by atoms with Gasteiger partial charge in [0, 0.05) is 18.0 Å². The Morgan fingerprint density at radius 2 is 2.25 bits per heavy atom. The molecule has 0 bridgehead atoms. The molecule has 0 spiro atoms. The lowest BCUT2D eigenvalue weighted by molar-refractivity contribution is -0.119. The molecule has 0 aromatic heterocycles. The van der Waals surface area contributed by atoms with E-state index < -0.39 is 5.54 Å². The van der Waals surface area contributed by atoms with Crippen LogP contribution in [0, 0.1) is 0 Å². The van der Waals surface area contributed by atoms with Gasteiger partial charge in [-0.3, -0.25) is 4.79 Å². The summed E-state index contributed by atoms with van der Waals surface area (Å²) < 4.78 is 0. The third-order valence-electron chi connectivity index (χ3n) is 2.44. The average molecular weight is 171 g/mol. The van der Waals surface area contributed by atoms with E-state index in [0.29, 0.717) is 0 Å². The Labute approximate surface area is 72.5 Å². The molecule has 6 N–H and O–H groups in total. The smallest absolute Gasteiger partial charge is 0.219 e. The molecule has 4 nitrogen and oxygen atoms in total. The summed E-state index contributed by atoms with van der Waals surface area (Å²) in [5.74, 6) is -0.327. The fourth-order valence-corrected chi connectivity index (χ4v) is 1.95. The summed E-state index contributed by atoms with van der Waals surface area (Å²) in [6, 6.07) is 0.142. The van der Waals surface area contributed by atoms with Crippen molar-refractivity contribution in [3.05, 3.63) is 0 Å². The van der Waals surface area contributed by atoms with Crippen molar-refractivity contribution in [1.29, 1.82) is 0 Å². The molecule has 0 aliphatic heterocycles. The Morgan fingerprint density at radius 1 is 1.58 bits per heavy atom. The van der Waals surface area contributed by atoms with Crippen LogP contribution in [0.1, 0.15) is 32.1 Å². The molecule has 0 aromatic rings. The Morgan fingerprint density at radius 3 is 2.75 bits per heavy atom. The van der Waals surface area contributed by atoms with Crippen molar-refractivity contribution >= 4 is 5.91 Å². The molecule has 0 saturated heterocycles. The summed E-state index contributed by atoms with van der Waals surface area (Å²) in [7, 11) is 0. The van der Waals surface area contributed by atoms with Crippen LogP contribution in [0.4, 0.5) is 0 Å². The number of hydrogen-bond acceptors (Lipinski definition) is 3. The highest BCUT2D eigenvalue weighted by atomic mass is 16.1. The maximum Gasteiger partial charge on any atom is 0.219 e. The number of carbonyl (C=O) groups excluding carboxylic acids is 1. The first-order valence-corrected chi connectivity index (χ1v) is 4.35. The van der Waals surface area contributed by atoms with Gasteiger partial charge in [0.25, 0.3) is 0 Å². The van der Waals surface area contributed by atoms with Crippen molar-refractivity contribution in [2.45, 2.75) is 43.7 Å². The number of rotatable bonds is 2. The van der Waals surface area contributed by atoms with Crippen molar-refractivity contribution in [2.75, 3.05) is 0 Å².